The second-order valence-electron chi connectivity index (χ2n) is 10.4. The second-order valence-corrected chi connectivity index (χ2v) is 13.3. The highest BCUT2D eigenvalue weighted by atomic mass is 28.4. The summed E-state index contributed by atoms with van der Waals surface area (Å²) >= 11 is 0. The van der Waals surface area contributed by atoms with E-state index in [0.717, 1.165) is 35.2 Å². The van der Waals surface area contributed by atoms with E-state index in [4.69, 9.17) is 13.6 Å². The summed E-state index contributed by atoms with van der Waals surface area (Å²) in [5.41, 5.74) is 1.42. The molecule has 0 amide bonds. The summed E-state index contributed by atoms with van der Waals surface area (Å²) in [5, 5.41) is 2.09. The Morgan fingerprint density at radius 2 is 1.49 bits per heavy atom. The van der Waals surface area contributed by atoms with Gasteiger partial charge in [-0.15, -0.1) is 6.58 Å². The minimum Gasteiger partial charge on any atom is -0.466 e. The van der Waals surface area contributed by atoms with Crippen molar-refractivity contribution < 1.29 is 18.4 Å². The molecule has 3 atom stereocenters. The maximum atomic E-state index is 12.2. The largest absolute Gasteiger partial charge is 0.466 e. The summed E-state index contributed by atoms with van der Waals surface area (Å²) < 4.78 is 19.4. The Morgan fingerprint density at radius 1 is 0.923 bits per heavy atom. The Hall–Kier alpha value is -2.73. The molecule has 0 fully saturated rings. The molecule has 0 N–H and O–H groups in total. The number of rotatable bonds is 18. The maximum Gasteiger partial charge on any atom is 0.407 e. The van der Waals surface area contributed by atoms with Gasteiger partial charge in [0.2, 0.25) is 0 Å². The van der Waals surface area contributed by atoms with Crippen molar-refractivity contribution in [3.05, 3.63) is 97.1 Å². The highest BCUT2D eigenvalue weighted by Gasteiger charge is 2.47. The Morgan fingerprint density at radius 3 is 1.97 bits per heavy atom. The molecule has 2 rings (SSSR count). The van der Waals surface area contributed by atoms with Gasteiger partial charge in [-0.3, -0.25) is 0 Å². The highest BCUT2D eigenvalue weighted by molar-refractivity contribution is 6.92. The van der Waals surface area contributed by atoms with Crippen molar-refractivity contribution in [3.63, 3.8) is 0 Å². The van der Waals surface area contributed by atoms with E-state index in [2.05, 4.69) is 51.3 Å². The van der Waals surface area contributed by atoms with Crippen LogP contribution in [0.15, 0.2) is 97.1 Å². The second kappa shape index (κ2) is 17.1. The van der Waals surface area contributed by atoms with Crippen molar-refractivity contribution in [1.29, 1.82) is 0 Å². The molecule has 0 bridgehead atoms. The lowest BCUT2D eigenvalue weighted by Crippen LogP contribution is -2.66. The van der Waals surface area contributed by atoms with E-state index in [1.165, 1.54) is 32.8 Å². The van der Waals surface area contributed by atoms with Crippen molar-refractivity contribution in [2.24, 2.45) is 5.92 Å². The molecule has 0 aromatic heterocycles. The Balaban J connectivity index is 2.60. The van der Waals surface area contributed by atoms with E-state index in [0.29, 0.717) is 5.57 Å². The van der Waals surface area contributed by atoms with Crippen molar-refractivity contribution in [1.82, 2.24) is 0 Å². The number of hydrogen-bond acceptors (Lipinski definition) is 4. The van der Waals surface area contributed by atoms with Gasteiger partial charge < -0.3 is 13.6 Å². The maximum absolute atomic E-state index is 12.2. The number of unbranched alkanes of at least 4 members (excludes halogenated alkanes) is 4. The first-order valence-electron chi connectivity index (χ1n) is 14.3. The van der Waals surface area contributed by atoms with Gasteiger partial charge in [-0.2, -0.15) is 0 Å². The molecule has 0 aliphatic heterocycles. The zero-order valence-electron chi connectivity index (χ0n) is 24.7. The standard InChI is InChI=1S/C34H48O4Si/c1-8-10-11-12-15-21-30(20-9-2)37-39(31-22-16-13-17-23-31,32-24-18-14-19-25-32)38-33(27(3)4)28(5)26-29(6)34(35)36-7/h9,13-14,16-19,22-26,28,30,33H,2-3,8,10-12,15,20-21H2,1,4-7H3/b29-26+/t28-,30-,33+/m0/s1. The molecule has 0 unspecified atom stereocenters. The van der Waals surface area contributed by atoms with E-state index >= 15 is 0 Å². The lowest BCUT2D eigenvalue weighted by Gasteiger charge is -2.39. The molecule has 0 saturated carbocycles. The van der Waals surface area contributed by atoms with Gasteiger partial charge >= 0.3 is 14.5 Å². The quantitative estimate of drug-likeness (QED) is 0.0645. The van der Waals surface area contributed by atoms with Crippen LogP contribution in [-0.2, 0) is 18.4 Å². The van der Waals surface area contributed by atoms with Crippen LogP contribution in [0.2, 0.25) is 0 Å². The Kier molecular flexibility index (Phi) is 14.2. The van der Waals surface area contributed by atoms with Crippen molar-refractivity contribution in [3.8, 4) is 0 Å². The molecule has 2 aromatic rings. The minimum absolute atomic E-state index is 0.0235. The van der Waals surface area contributed by atoms with Crippen LogP contribution in [0, 0.1) is 5.92 Å². The molecule has 0 spiro atoms. The van der Waals surface area contributed by atoms with Crippen LogP contribution in [0.3, 0.4) is 0 Å². The molecule has 0 saturated heterocycles. The third-order valence-corrected chi connectivity index (χ3v) is 10.4. The molecule has 2 aromatic carbocycles. The van der Waals surface area contributed by atoms with Gasteiger partial charge in [0, 0.05) is 11.5 Å². The predicted octanol–water partition coefficient (Wildman–Crippen LogP) is 7.28. The van der Waals surface area contributed by atoms with Crippen molar-refractivity contribution in [2.75, 3.05) is 7.11 Å². The summed E-state index contributed by atoms with van der Waals surface area (Å²) in [4.78, 5) is 12.2. The SMILES string of the molecule is C=CC[C@@H](CCCCCCC)O[Si](O[C@H](C(=C)C)[C@@H](C)/C=C(\C)C(=O)OC)(c1ccccc1)c1ccccc1. The number of ether oxygens (including phenoxy) is 1. The van der Waals surface area contributed by atoms with Gasteiger partial charge in [0.25, 0.3) is 0 Å². The van der Waals surface area contributed by atoms with Crippen LogP contribution in [0.4, 0.5) is 0 Å². The molecule has 0 aliphatic rings. The molecule has 39 heavy (non-hydrogen) atoms. The van der Waals surface area contributed by atoms with Gasteiger partial charge in [0.15, 0.2) is 0 Å². The summed E-state index contributed by atoms with van der Waals surface area (Å²) in [5.74, 6) is -0.473. The third kappa shape index (κ3) is 9.75. The van der Waals surface area contributed by atoms with Gasteiger partial charge in [0.1, 0.15) is 0 Å². The fraction of sp³-hybridized carbons (Fsp3) is 0.441. The summed E-state index contributed by atoms with van der Waals surface area (Å²) in [6.45, 7) is 16.4. The van der Waals surface area contributed by atoms with E-state index in [1.54, 1.807) is 6.92 Å². The summed E-state index contributed by atoms with van der Waals surface area (Å²) in [6.07, 6.45) is 11.2. The van der Waals surface area contributed by atoms with Gasteiger partial charge in [0.05, 0.1) is 19.3 Å². The van der Waals surface area contributed by atoms with Gasteiger partial charge in [-0.25, -0.2) is 4.79 Å². The smallest absolute Gasteiger partial charge is 0.407 e. The first-order chi connectivity index (χ1) is 18.8. The monoisotopic (exact) mass is 548 g/mol. The molecule has 0 radical (unpaired) electrons. The first kappa shape index (κ1) is 32.5. The molecule has 0 aliphatic carbocycles. The lowest BCUT2D eigenvalue weighted by molar-refractivity contribution is -0.136. The Bertz CT molecular complexity index is 1010. The average molecular weight is 549 g/mol. The van der Waals surface area contributed by atoms with Crippen LogP contribution in [-0.4, -0.2) is 33.8 Å². The average Bonchev–Trinajstić information content (AvgIpc) is 2.95. The predicted molar refractivity (Wildman–Crippen MR) is 166 cm³/mol. The number of hydrogen-bond donors (Lipinski definition) is 0. The normalized spacial score (nSPS) is 14.3. The van der Waals surface area contributed by atoms with Crippen LogP contribution in [0.1, 0.15) is 72.6 Å². The van der Waals surface area contributed by atoms with E-state index in [1.807, 2.05) is 55.5 Å². The molecule has 212 valence electrons. The zero-order valence-corrected chi connectivity index (χ0v) is 25.7. The molecule has 5 heteroatoms. The summed E-state index contributed by atoms with van der Waals surface area (Å²) in [7, 11) is -1.85. The van der Waals surface area contributed by atoms with Crippen LogP contribution in [0.25, 0.3) is 0 Å². The first-order valence-corrected chi connectivity index (χ1v) is 16.1. The van der Waals surface area contributed by atoms with Crippen LogP contribution >= 0.6 is 0 Å². The molecule has 0 heterocycles. The topological polar surface area (TPSA) is 44.8 Å². The van der Waals surface area contributed by atoms with Crippen molar-refractivity contribution in [2.45, 2.75) is 84.8 Å². The van der Waals surface area contributed by atoms with Crippen LogP contribution in [0.5, 0.6) is 0 Å². The highest BCUT2D eigenvalue weighted by Crippen LogP contribution is 2.26. The van der Waals surface area contributed by atoms with E-state index in [9.17, 15) is 4.79 Å². The molecular weight excluding hydrogens is 500 g/mol. The fourth-order valence-electron chi connectivity index (χ4n) is 4.95. The molecule has 4 nitrogen and oxygen atoms in total. The number of methoxy groups -OCH3 is 1. The van der Waals surface area contributed by atoms with Crippen LogP contribution < -0.4 is 10.4 Å². The Labute approximate surface area is 238 Å². The number of esters is 1. The number of carbonyl (C=O) groups excluding carboxylic acids is 1. The number of benzene rings is 2. The van der Waals surface area contributed by atoms with E-state index < -0.39 is 8.56 Å². The minimum atomic E-state index is -3.25. The van der Waals surface area contributed by atoms with Gasteiger partial charge in [-0.1, -0.05) is 131 Å². The van der Waals surface area contributed by atoms with Crippen molar-refractivity contribution >= 4 is 24.9 Å². The molecular formula is C34H48O4Si. The number of carbonyl (C=O) groups is 1. The van der Waals surface area contributed by atoms with E-state index in [-0.39, 0.29) is 24.1 Å². The third-order valence-electron chi connectivity index (χ3n) is 6.98. The zero-order chi connectivity index (χ0) is 28.7. The lowest BCUT2D eigenvalue weighted by atomic mass is 9.97. The fourth-order valence-corrected chi connectivity index (χ4v) is 8.60. The summed E-state index contributed by atoms with van der Waals surface area (Å²) in [6, 6.07) is 20.7. The van der Waals surface area contributed by atoms with Gasteiger partial charge in [-0.05, 0) is 37.1 Å².